The van der Waals surface area contributed by atoms with E-state index in [1.165, 1.54) is 13.8 Å². The van der Waals surface area contributed by atoms with Gasteiger partial charge in [0.25, 0.3) is 0 Å². The lowest BCUT2D eigenvalue weighted by Gasteiger charge is -2.30. The van der Waals surface area contributed by atoms with Crippen molar-refractivity contribution in [3.05, 3.63) is 12.7 Å². The number of aliphatic hydroxyl groups excluding tert-OH is 2. The maximum absolute atomic E-state index is 12.6. The first-order valence-corrected chi connectivity index (χ1v) is 20.8. The van der Waals surface area contributed by atoms with Crippen molar-refractivity contribution in [1.82, 2.24) is 30.2 Å². The summed E-state index contributed by atoms with van der Waals surface area (Å²) in [4.78, 5) is 86.8. The highest BCUT2D eigenvalue weighted by molar-refractivity contribution is 8.13. The number of carbonyl (C=O) groups excluding carboxylic acids is 3. The molecule has 53 heavy (non-hydrogen) atoms. The summed E-state index contributed by atoms with van der Waals surface area (Å²) in [5.41, 5.74) is 4.25. The molecule has 29 heteroatoms. The molecule has 0 saturated carbocycles. The van der Waals surface area contributed by atoms with Crippen molar-refractivity contribution in [2.75, 3.05) is 44.4 Å². The zero-order valence-corrected chi connectivity index (χ0v) is 31.3. The SMILES string of the molecule is CC(C)(COP(=O)(O)OP(=O)(O)OC[C@H]1O[C@@H](n2cnc3c(N)ncnc32)[C@H](O)[C@@H]1OP(=O)(O)O)C(O)C(=O)NCCC(=O)NCCSC(=O)C1CO1. The number of nitrogens with one attached hydrogen (secondary N) is 2. The molecule has 25 nitrogen and oxygen atoms in total. The van der Waals surface area contributed by atoms with E-state index < -0.39 is 90.7 Å². The summed E-state index contributed by atoms with van der Waals surface area (Å²) >= 11 is 1.02. The fourth-order valence-electron chi connectivity index (χ4n) is 4.56. The number of carbonyl (C=O) groups is 3. The van der Waals surface area contributed by atoms with Gasteiger partial charge in [-0.25, -0.2) is 28.6 Å². The van der Waals surface area contributed by atoms with Crippen LogP contribution in [0.15, 0.2) is 12.7 Å². The van der Waals surface area contributed by atoms with Crippen molar-refractivity contribution in [3.8, 4) is 0 Å². The molecule has 0 aromatic carbocycles. The zero-order valence-electron chi connectivity index (χ0n) is 27.8. The number of aromatic nitrogens is 4. The van der Waals surface area contributed by atoms with Gasteiger partial charge in [-0.15, -0.1) is 0 Å². The molecule has 8 atom stereocenters. The standard InChI is InChI=1S/C24H38N7O18P3S/c1-24(2,18(34)21(35)27-4-3-14(32)26-5-6-53-23(36)13-7-44-13)9-46-52(42,43)49-51(40,41)45-8-12-17(48-50(37,38)39)16(33)22(47-12)31-11-30-15-19(25)28-10-29-20(15)31/h10-13,16-18,22,33-34H,3-9H2,1-2H3,(H,26,32)(H,27,35)(H,40,41)(H,42,43)(H2,25,28,29)(H2,37,38,39)/t12-,13?,16-,17-,18?,22-/m1/s1. The Bertz CT molecular complexity index is 1790. The number of rotatable bonds is 20. The van der Waals surface area contributed by atoms with Crippen LogP contribution in [-0.4, -0.2) is 135 Å². The minimum Gasteiger partial charge on any atom is -0.386 e. The maximum atomic E-state index is 12.6. The van der Waals surface area contributed by atoms with Gasteiger partial charge in [-0.2, -0.15) is 4.31 Å². The predicted octanol–water partition coefficient (Wildman–Crippen LogP) is -1.94. The van der Waals surface area contributed by atoms with Crippen LogP contribution < -0.4 is 16.4 Å². The Morgan fingerprint density at radius 2 is 1.77 bits per heavy atom. The minimum atomic E-state index is -5.56. The number of nitrogens with two attached hydrogens (primary N) is 1. The number of ether oxygens (including phenoxy) is 2. The number of hydrogen-bond donors (Lipinski definition) is 9. The number of imidazole rings is 1. The number of thioether (sulfide) groups is 1. The Morgan fingerprint density at radius 3 is 2.43 bits per heavy atom. The number of anilines is 1. The predicted molar refractivity (Wildman–Crippen MR) is 177 cm³/mol. The summed E-state index contributed by atoms with van der Waals surface area (Å²) in [6.07, 6.45) is -7.31. The lowest BCUT2D eigenvalue weighted by Crippen LogP contribution is -2.46. The third kappa shape index (κ3) is 12.5. The third-order valence-corrected chi connectivity index (χ3v) is 11.4. The highest BCUT2D eigenvalue weighted by atomic mass is 32.2. The van der Waals surface area contributed by atoms with Crippen LogP contribution in [0.1, 0.15) is 26.5 Å². The number of epoxide rings is 1. The molecular formula is C24H38N7O18P3S. The molecule has 4 rings (SSSR count). The fraction of sp³-hybridized carbons (Fsp3) is 0.667. The fourth-order valence-corrected chi connectivity index (χ4v) is 8.12. The first kappa shape index (κ1) is 43.3. The molecule has 10 N–H and O–H groups in total. The van der Waals surface area contributed by atoms with Gasteiger partial charge in [0.1, 0.15) is 42.4 Å². The Balaban J connectivity index is 1.25. The van der Waals surface area contributed by atoms with Crippen LogP contribution >= 0.6 is 35.2 Å². The molecule has 2 aromatic rings. The molecular weight excluding hydrogens is 799 g/mol. The van der Waals surface area contributed by atoms with Crippen LogP contribution in [0.3, 0.4) is 0 Å². The summed E-state index contributed by atoms with van der Waals surface area (Å²) in [5.74, 6) is -1.14. The van der Waals surface area contributed by atoms with Crippen molar-refractivity contribution < 1.29 is 85.2 Å². The van der Waals surface area contributed by atoms with Gasteiger partial charge < -0.3 is 55.6 Å². The molecule has 2 fully saturated rings. The van der Waals surface area contributed by atoms with Gasteiger partial charge in [0.05, 0.1) is 26.1 Å². The van der Waals surface area contributed by atoms with Crippen LogP contribution in [0.25, 0.3) is 11.2 Å². The number of fused-ring (bicyclic) bond motifs is 1. The lowest BCUT2D eigenvalue weighted by molar-refractivity contribution is -0.137. The van der Waals surface area contributed by atoms with Gasteiger partial charge in [0.15, 0.2) is 17.7 Å². The van der Waals surface area contributed by atoms with Gasteiger partial charge in [0.2, 0.25) is 16.9 Å². The third-order valence-electron chi connectivity index (χ3n) is 7.34. The quantitative estimate of drug-likeness (QED) is 0.0398. The summed E-state index contributed by atoms with van der Waals surface area (Å²) in [7, 11) is -16.4. The van der Waals surface area contributed by atoms with Gasteiger partial charge >= 0.3 is 23.5 Å². The average Bonchev–Trinajstić information content (AvgIpc) is 3.76. The lowest BCUT2D eigenvalue weighted by atomic mass is 9.87. The van der Waals surface area contributed by atoms with Crippen molar-refractivity contribution in [3.63, 3.8) is 0 Å². The van der Waals surface area contributed by atoms with E-state index in [2.05, 4.69) is 34.4 Å². The Labute approximate surface area is 303 Å². The van der Waals surface area contributed by atoms with Crippen LogP contribution in [-0.2, 0) is 55.4 Å². The number of amides is 2. The smallest absolute Gasteiger partial charge is 0.386 e. The highest BCUT2D eigenvalue weighted by Gasteiger charge is 2.50. The molecule has 2 amide bonds. The Hall–Kier alpha value is -2.48. The number of nitrogens with zero attached hydrogens (tertiary/aromatic N) is 4. The van der Waals surface area contributed by atoms with E-state index in [9.17, 15) is 57.9 Å². The van der Waals surface area contributed by atoms with E-state index in [4.69, 9.17) is 24.3 Å². The molecule has 0 spiro atoms. The molecule has 2 saturated heterocycles. The molecule has 0 bridgehead atoms. The molecule has 0 aliphatic carbocycles. The topological polar surface area (TPSA) is 376 Å². The number of phosphoric ester groups is 3. The normalized spacial score (nSPS) is 24.6. The van der Waals surface area contributed by atoms with E-state index in [1.807, 2.05) is 0 Å². The molecule has 2 aliphatic heterocycles. The van der Waals surface area contributed by atoms with Crippen LogP contribution in [0.5, 0.6) is 0 Å². The van der Waals surface area contributed by atoms with Crippen LogP contribution in [0.2, 0.25) is 0 Å². The summed E-state index contributed by atoms with van der Waals surface area (Å²) in [5, 5.41) is 26.1. The highest BCUT2D eigenvalue weighted by Crippen LogP contribution is 2.61. The molecule has 2 aromatic heterocycles. The average molecular weight is 838 g/mol. The van der Waals surface area contributed by atoms with Crippen molar-refractivity contribution >= 4 is 69.1 Å². The van der Waals surface area contributed by atoms with Crippen LogP contribution in [0, 0.1) is 5.41 Å². The zero-order chi connectivity index (χ0) is 39.4. The molecule has 0 radical (unpaired) electrons. The second kappa shape index (κ2) is 17.5. The second-order valence-electron chi connectivity index (χ2n) is 12.1. The van der Waals surface area contributed by atoms with Crippen molar-refractivity contribution in [2.45, 2.75) is 57.0 Å². The maximum Gasteiger partial charge on any atom is 0.481 e. The Morgan fingerprint density at radius 1 is 1.09 bits per heavy atom. The largest absolute Gasteiger partial charge is 0.481 e. The van der Waals surface area contributed by atoms with Crippen molar-refractivity contribution in [1.29, 1.82) is 0 Å². The number of phosphoric acid groups is 3. The molecule has 2 aliphatic rings. The number of nitrogen functional groups attached to an aromatic ring is 1. The van der Waals surface area contributed by atoms with E-state index in [0.717, 1.165) is 29.0 Å². The molecule has 298 valence electrons. The van der Waals surface area contributed by atoms with Gasteiger partial charge in [-0.05, 0) is 0 Å². The summed E-state index contributed by atoms with van der Waals surface area (Å²) in [6, 6.07) is 0. The Kier molecular flexibility index (Phi) is 14.3. The van der Waals surface area contributed by atoms with Crippen molar-refractivity contribution in [2.24, 2.45) is 5.41 Å². The minimum absolute atomic E-state index is 0.0296. The number of hydrogen-bond acceptors (Lipinski definition) is 19. The van der Waals surface area contributed by atoms with Gasteiger partial charge in [0, 0.05) is 30.7 Å². The van der Waals surface area contributed by atoms with E-state index in [1.54, 1.807) is 0 Å². The van der Waals surface area contributed by atoms with E-state index in [-0.39, 0.29) is 41.6 Å². The van der Waals surface area contributed by atoms with Gasteiger partial charge in [-0.1, -0.05) is 25.6 Å². The molecule has 4 heterocycles. The first-order valence-electron chi connectivity index (χ1n) is 15.3. The summed E-state index contributed by atoms with van der Waals surface area (Å²) in [6.45, 7) is 0.852. The van der Waals surface area contributed by atoms with E-state index >= 15 is 0 Å². The molecule has 4 unspecified atom stereocenters. The number of aliphatic hydroxyl groups is 2. The summed E-state index contributed by atoms with van der Waals surface area (Å²) < 4.78 is 66.8. The first-order chi connectivity index (χ1) is 24.6. The van der Waals surface area contributed by atoms with Crippen LogP contribution in [0.4, 0.5) is 5.82 Å². The van der Waals surface area contributed by atoms with Gasteiger partial charge in [-0.3, -0.25) is 32.5 Å². The second-order valence-corrected chi connectivity index (χ2v) is 17.4. The van der Waals surface area contributed by atoms with E-state index in [0.29, 0.717) is 12.4 Å². The monoisotopic (exact) mass is 837 g/mol.